The molecule has 0 saturated carbocycles. The van der Waals surface area contributed by atoms with Gasteiger partial charge in [0, 0.05) is 19.5 Å². The molecule has 0 aromatic rings. The quantitative estimate of drug-likeness (QED) is 0.571. The number of likely N-dealkylation sites (tertiary alicyclic amines) is 1. The molecule has 0 bridgehead atoms. The molecule has 2 amide bonds. The fraction of sp³-hybridized carbons (Fsp3) is 0.700. The van der Waals surface area contributed by atoms with E-state index >= 15 is 0 Å². The van der Waals surface area contributed by atoms with E-state index in [0.29, 0.717) is 6.42 Å². The second-order valence-corrected chi connectivity index (χ2v) is 3.93. The second kappa shape index (κ2) is 6.19. The molecule has 1 saturated heterocycles. The maximum Gasteiger partial charge on any atom is 0.308 e. The Kier molecular flexibility index (Phi) is 4.89. The Hall–Kier alpha value is -1.63. The van der Waals surface area contributed by atoms with Gasteiger partial charge in [0.15, 0.2) is 0 Å². The number of hydrogen-bond donors (Lipinski definition) is 2. The van der Waals surface area contributed by atoms with Gasteiger partial charge in [0.25, 0.3) is 0 Å². The molecule has 1 fully saturated rings. The normalized spacial score (nSPS) is 20.4. The van der Waals surface area contributed by atoms with Crippen molar-refractivity contribution in [3.63, 3.8) is 0 Å². The minimum atomic E-state index is -0.888. The summed E-state index contributed by atoms with van der Waals surface area (Å²) in [6, 6.07) is 0. The maximum absolute atomic E-state index is 11.5. The maximum atomic E-state index is 11.5. The molecule has 0 aromatic carbocycles. The van der Waals surface area contributed by atoms with Gasteiger partial charge in [0.1, 0.15) is 6.61 Å². The number of piperidine rings is 1. The first-order chi connectivity index (χ1) is 8.00. The zero-order chi connectivity index (χ0) is 12.8. The number of nitrogens with two attached hydrogens (primary N) is 1. The van der Waals surface area contributed by atoms with E-state index in [1.54, 1.807) is 0 Å². The van der Waals surface area contributed by atoms with E-state index in [1.165, 1.54) is 4.90 Å². The largest absolute Gasteiger partial charge is 0.481 e. The SMILES string of the molecule is NC(=O)COCCN1CC(C(=O)O)CCC1=O. The van der Waals surface area contributed by atoms with Crippen LogP contribution >= 0.6 is 0 Å². The summed E-state index contributed by atoms with van der Waals surface area (Å²) in [5.74, 6) is -2.05. The van der Waals surface area contributed by atoms with Crippen molar-refractivity contribution in [2.45, 2.75) is 12.8 Å². The van der Waals surface area contributed by atoms with Gasteiger partial charge in [-0.15, -0.1) is 0 Å². The van der Waals surface area contributed by atoms with E-state index in [0.717, 1.165) is 0 Å². The first-order valence-corrected chi connectivity index (χ1v) is 5.37. The number of hydrogen-bond acceptors (Lipinski definition) is 4. The monoisotopic (exact) mass is 244 g/mol. The van der Waals surface area contributed by atoms with Crippen LogP contribution in [-0.2, 0) is 19.1 Å². The Morgan fingerprint density at radius 1 is 1.53 bits per heavy atom. The molecule has 1 aliphatic rings. The highest BCUT2D eigenvalue weighted by molar-refractivity contribution is 5.80. The minimum Gasteiger partial charge on any atom is -0.481 e. The van der Waals surface area contributed by atoms with Gasteiger partial charge in [0.05, 0.1) is 12.5 Å². The van der Waals surface area contributed by atoms with Gasteiger partial charge < -0.3 is 20.5 Å². The number of aliphatic carboxylic acids is 1. The third-order valence-corrected chi connectivity index (χ3v) is 2.60. The average Bonchev–Trinajstić information content (AvgIpc) is 2.25. The second-order valence-electron chi connectivity index (χ2n) is 3.93. The Morgan fingerprint density at radius 3 is 2.82 bits per heavy atom. The fourth-order valence-corrected chi connectivity index (χ4v) is 1.68. The van der Waals surface area contributed by atoms with Crippen LogP contribution in [0, 0.1) is 5.92 Å². The molecular formula is C10H16N2O5. The summed E-state index contributed by atoms with van der Waals surface area (Å²) in [6.45, 7) is 0.482. The molecule has 7 nitrogen and oxygen atoms in total. The Morgan fingerprint density at radius 2 is 2.24 bits per heavy atom. The zero-order valence-electron chi connectivity index (χ0n) is 9.42. The van der Waals surface area contributed by atoms with Gasteiger partial charge in [-0.25, -0.2) is 0 Å². The Balaban J connectivity index is 2.32. The lowest BCUT2D eigenvalue weighted by atomic mass is 9.98. The van der Waals surface area contributed by atoms with Crippen LogP contribution in [-0.4, -0.2) is 54.1 Å². The summed E-state index contributed by atoms with van der Waals surface area (Å²) < 4.78 is 4.93. The van der Waals surface area contributed by atoms with Crippen LogP contribution in [0.5, 0.6) is 0 Å². The molecule has 1 atom stereocenters. The summed E-state index contributed by atoms with van der Waals surface area (Å²) >= 11 is 0. The predicted octanol–water partition coefficient (Wildman–Crippen LogP) is -1.19. The summed E-state index contributed by atoms with van der Waals surface area (Å²) in [5, 5.41) is 8.86. The first-order valence-electron chi connectivity index (χ1n) is 5.37. The lowest BCUT2D eigenvalue weighted by Crippen LogP contribution is -2.44. The van der Waals surface area contributed by atoms with Crippen molar-refractivity contribution >= 4 is 17.8 Å². The molecule has 7 heteroatoms. The van der Waals surface area contributed by atoms with Crippen LogP contribution in [0.1, 0.15) is 12.8 Å². The van der Waals surface area contributed by atoms with E-state index in [9.17, 15) is 14.4 Å². The molecule has 0 spiro atoms. The molecule has 1 unspecified atom stereocenters. The molecule has 0 aliphatic carbocycles. The van der Waals surface area contributed by atoms with Crippen molar-refractivity contribution in [3.05, 3.63) is 0 Å². The van der Waals surface area contributed by atoms with Crippen LogP contribution in [0.15, 0.2) is 0 Å². The summed E-state index contributed by atoms with van der Waals surface area (Å²) in [7, 11) is 0. The zero-order valence-corrected chi connectivity index (χ0v) is 9.42. The number of amides is 2. The molecule has 1 heterocycles. The number of ether oxygens (including phenoxy) is 1. The number of rotatable bonds is 6. The standard InChI is InChI=1S/C10H16N2O5/c11-8(13)6-17-4-3-12-5-7(10(15)16)1-2-9(12)14/h7H,1-6H2,(H2,11,13)(H,15,16). The van der Waals surface area contributed by atoms with Crippen LogP contribution < -0.4 is 5.73 Å². The number of nitrogens with zero attached hydrogens (tertiary/aromatic N) is 1. The number of primary amides is 1. The molecule has 1 rings (SSSR count). The third-order valence-electron chi connectivity index (χ3n) is 2.60. The summed E-state index contributed by atoms with van der Waals surface area (Å²) in [5.41, 5.74) is 4.88. The van der Waals surface area contributed by atoms with Crippen molar-refractivity contribution in [1.29, 1.82) is 0 Å². The summed E-state index contributed by atoms with van der Waals surface area (Å²) in [6.07, 6.45) is 0.625. The van der Waals surface area contributed by atoms with E-state index < -0.39 is 17.8 Å². The topological polar surface area (TPSA) is 110 Å². The van der Waals surface area contributed by atoms with Crippen molar-refractivity contribution < 1.29 is 24.2 Å². The van der Waals surface area contributed by atoms with Crippen LogP contribution in [0.2, 0.25) is 0 Å². The van der Waals surface area contributed by atoms with E-state index in [2.05, 4.69) is 0 Å². The highest BCUT2D eigenvalue weighted by Gasteiger charge is 2.29. The predicted molar refractivity (Wildman–Crippen MR) is 57.0 cm³/mol. The van der Waals surface area contributed by atoms with Crippen molar-refractivity contribution in [2.24, 2.45) is 11.7 Å². The smallest absolute Gasteiger partial charge is 0.308 e. The Bertz CT molecular complexity index is 318. The summed E-state index contributed by atoms with van der Waals surface area (Å²) in [4.78, 5) is 34.1. The molecule has 1 aliphatic heterocycles. The molecule has 17 heavy (non-hydrogen) atoms. The average molecular weight is 244 g/mol. The van der Waals surface area contributed by atoms with Crippen LogP contribution in [0.3, 0.4) is 0 Å². The third kappa shape index (κ3) is 4.39. The number of carbonyl (C=O) groups excluding carboxylic acids is 2. The van der Waals surface area contributed by atoms with E-state index in [4.69, 9.17) is 15.6 Å². The first kappa shape index (κ1) is 13.4. The van der Waals surface area contributed by atoms with Gasteiger partial charge in [-0.2, -0.15) is 0 Å². The lowest BCUT2D eigenvalue weighted by Gasteiger charge is -2.30. The fourth-order valence-electron chi connectivity index (χ4n) is 1.68. The highest BCUT2D eigenvalue weighted by atomic mass is 16.5. The molecular weight excluding hydrogens is 228 g/mol. The molecule has 0 aromatic heterocycles. The highest BCUT2D eigenvalue weighted by Crippen LogP contribution is 2.17. The van der Waals surface area contributed by atoms with Gasteiger partial charge >= 0.3 is 5.97 Å². The molecule has 3 N–H and O–H groups in total. The van der Waals surface area contributed by atoms with Gasteiger partial charge in [0.2, 0.25) is 11.8 Å². The van der Waals surface area contributed by atoms with Gasteiger partial charge in [-0.05, 0) is 6.42 Å². The molecule has 0 radical (unpaired) electrons. The van der Waals surface area contributed by atoms with E-state index in [-0.39, 0.29) is 38.6 Å². The van der Waals surface area contributed by atoms with Crippen molar-refractivity contribution in [1.82, 2.24) is 4.90 Å². The van der Waals surface area contributed by atoms with Crippen LogP contribution in [0.25, 0.3) is 0 Å². The van der Waals surface area contributed by atoms with Crippen LogP contribution in [0.4, 0.5) is 0 Å². The van der Waals surface area contributed by atoms with Crippen molar-refractivity contribution in [2.75, 3.05) is 26.3 Å². The van der Waals surface area contributed by atoms with Crippen molar-refractivity contribution in [3.8, 4) is 0 Å². The number of carboxylic acids is 1. The number of carbonyl (C=O) groups is 3. The Labute approximate surface area is 98.5 Å². The van der Waals surface area contributed by atoms with Gasteiger partial charge in [-0.3, -0.25) is 14.4 Å². The number of carboxylic acid groups (broad SMARTS) is 1. The lowest BCUT2D eigenvalue weighted by molar-refractivity contribution is -0.147. The molecule has 96 valence electrons. The minimum absolute atomic E-state index is 0.0785. The van der Waals surface area contributed by atoms with E-state index in [1.807, 2.05) is 0 Å². The van der Waals surface area contributed by atoms with Gasteiger partial charge in [-0.1, -0.05) is 0 Å².